The number of aromatic nitrogens is 3. The van der Waals surface area contributed by atoms with Crippen LogP contribution >= 0.6 is 0 Å². The Bertz CT molecular complexity index is 1120. The summed E-state index contributed by atoms with van der Waals surface area (Å²) in [6, 6.07) is 7.72. The molecule has 7 nitrogen and oxygen atoms in total. The molecule has 3 aromatic heterocycles. The van der Waals surface area contributed by atoms with E-state index in [-0.39, 0.29) is 5.56 Å². The first kappa shape index (κ1) is 20.3. The summed E-state index contributed by atoms with van der Waals surface area (Å²) >= 11 is 0. The second kappa shape index (κ2) is 8.07. The Labute approximate surface area is 176 Å². The number of aryl methyl sites for hydroxylation is 2. The van der Waals surface area contributed by atoms with Gasteiger partial charge in [0.2, 0.25) is 0 Å². The lowest BCUT2D eigenvalue weighted by Gasteiger charge is -2.18. The fourth-order valence-corrected chi connectivity index (χ4v) is 4.24. The Morgan fingerprint density at radius 3 is 2.83 bits per heavy atom. The maximum absolute atomic E-state index is 13.0. The molecule has 0 saturated heterocycles. The molecule has 1 saturated carbocycles. The molecule has 0 aromatic carbocycles. The zero-order chi connectivity index (χ0) is 21.3. The molecule has 158 valence electrons. The number of anilines is 3. The minimum Gasteiger partial charge on any atom is -0.390 e. The van der Waals surface area contributed by atoms with Gasteiger partial charge in [0.15, 0.2) is 0 Å². The lowest BCUT2D eigenvalue weighted by molar-refractivity contribution is 0.0641. The van der Waals surface area contributed by atoms with Crippen molar-refractivity contribution in [1.29, 1.82) is 0 Å². The Kier molecular flexibility index (Phi) is 5.47. The number of nitrogens with one attached hydrogen (secondary N) is 2. The van der Waals surface area contributed by atoms with E-state index in [1.165, 1.54) is 0 Å². The first-order valence-corrected chi connectivity index (χ1v) is 10.5. The third-order valence-electron chi connectivity index (χ3n) is 5.85. The lowest BCUT2D eigenvalue weighted by atomic mass is 10.0. The predicted octanol–water partition coefficient (Wildman–Crippen LogP) is 3.83. The third kappa shape index (κ3) is 4.31. The van der Waals surface area contributed by atoms with Crippen LogP contribution in [0.5, 0.6) is 0 Å². The third-order valence-corrected chi connectivity index (χ3v) is 5.85. The molecule has 1 aliphatic carbocycles. The molecule has 2 atom stereocenters. The van der Waals surface area contributed by atoms with Crippen molar-refractivity contribution < 1.29 is 5.11 Å². The largest absolute Gasteiger partial charge is 0.390 e. The number of pyridine rings is 3. The molecule has 0 bridgehead atoms. The molecule has 1 fully saturated rings. The van der Waals surface area contributed by atoms with Crippen molar-refractivity contribution in [3.05, 3.63) is 52.6 Å². The summed E-state index contributed by atoms with van der Waals surface area (Å²) in [6.45, 7) is 7.13. The quantitative estimate of drug-likeness (QED) is 0.575. The minimum absolute atomic E-state index is 0.0522. The number of hydrogen-bond donors (Lipinski definition) is 3. The molecule has 0 aliphatic heterocycles. The molecular formula is C23H29N5O2. The number of aliphatic hydroxyl groups is 1. The van der Waals surface area contributed by atoms with E-state index >= 15 is 0 Å². The zero-order valence-corrected chi connectivity index (χ0v) is 17.8. The highest BCUT2D eigenvalue weighted by molar-refractivity contribution is 5.93. The van der Waals surface area contributed by atoms with Gasteiger partial charge in [-0.15, -0.1) is 0 Å². The second-order valence-corrected chi connectivity index (χ2v) is 8.56. The average molecular weight is 408 g/mol. The van der Waals surface area contributed by atoms with E-state index in [0.717, 1.165) is 30.2 Å². The van der Waals surface area contributed by atoms with Gasteiger partial charge < -0.3 is 20.3 Å². The highest BCUT2D eigenvalue weighted by Gasteiger charge is 2.32. The van der Waals surface area contributed by atoms with Crippen LogP contribution in [0.3, 0.4) is 0 Å². The van der Waals surface area contributed by atoms with Gasteiger partial charge in [-0.3, -0.25) is 4.79 Å². The van der Waals surface area contributed by atoms with Crippen molar-refractivity contribution in [3.63, 3.8) is 0 Å². The summed E-state index contributed by atoms with van der Waals surface area (Å²) in [5.74, 6) is 2.27. The Morgan fingerprint density at radius 2 is 2.13 bits per heavy atom. The van der Waals surface area contributed by atoms with Crippen LogP contribution < -0.4 is 16.2 Å². The maximum atomic E-state index is 13.0. The van der Waals surface area contributed by atoms with E-state index < -0.39 is 5.60 Å². The Hall–Kier alpha value is -2.93. The molecule has 4 rings (SSSR count). The predicted molar refractivity (Wildman–Crippen MR) is 120 cm³/mol. The van der Waals surface area contributed by atoms with E-state index in [4.69, 9.17) is 4.98 Å². The van der Waals surface area contributed by atoms with Crippen molar-refractivity contribution in [2.75, 3.05) is 17.2 Å². The SMILES string of the molecule is CCn1ccc2cc(Nc3cc(C)ccn3)nc(NC[C@@H]3CC[C@](C)(O)C3)c2c1=O. The van der Waals surface area contributed by atoms with Gasteiger partial charge in [0.25, 0.3) is 5.56 Å². The smallest absolute Gasteiger partial charge is 0.262 e. The molecule has 30 heavy (non-hydrogen) atoms. The lowest BCUT2D eigenvalue weighted by Crippen LogP contribution is -2.23. The van der Waals surface area contributed by atoms with Crippen molar-refractivity contribution in [1.82, 2.24) is 14.5 Å². The van der Waals surface area contributed by atoms with Crippen molar-refractivity contribution >= 4 is 28.2 Å². The van der Waals surface area contributed by atoms with Crippen molar-refractivity contribution in [2.24, 2.45) is 5.92 Å². The molecule has 0 unspecified atom stereocenters. The normalized spacial score (nSPS) is 21.1. The molecule has 3 N–H and O–H groups in total. The number of fused-ring (bicyclic) bond motifs is 1. The fourth-order valence-electron chi connectivity index (χ4n) is 4.24. The standard InChI is InChI=1S/C23H29N5O2/c1-4-28-10-7-17-12-19(26-18-11-15(2)6-9-24-18)27-21(20(17)22(28)29)25-14-16-5-8-23(3,30)13-16/h6-7,9-12,16,30H,4-5,8,13-14H2,1-3H3,(H2,24,25,26,27)/t16-,23+/m1/s1. The number of nitrogens with zero attached hydrogens (tertiary/aromatic N) is 3. The van der Waals surface area contributed by atoms with Gasteiger partial charge in [0, 0.05) is 25.5 Å². The molecule has 0 radical (unpaired) electrons. The van der Waals surface area contributed by atoms with Gasteiger partial charge in [0.1, 0.15) is 17.5 Å². The summed E-state index contributed by atoms with van der Waals surface area (Å²) in [6.07, 6.45) is 6.09. The molecule has 1 aliphatic rings. The van der Waals surface area contributed by atoms with Gasteiger partial charge in [0.05, 0.1) is 11.0 Å². The summed E-state index contributed by atoms with van der Waals surface area (Å²) in [5, 5.41) is 18.3. The van der Waals surface area contributed by atoms with Crippen LogP contribution in [0, 0.1) is 12.8 Å². The van der Waals surface area contributed by atoms with Crippen LogP contribution in [0.2, 0.25) is 0 Å². The topological polar surface area (TPSA) is 92.1 Å². The van der Waals surface area contributed by atoms with E-state index in [9.17, 15) is 9.90 Å². The van der Waals surface area contributed by atoms with Crippen molar-refractivity contribution in [3.8, 4) is 0 Å². The molecule has 7 heteroatoms. The highest BCUT2D eigenvalue weighted by atomic mass is 16.3. The first-order valence-electron chi connectivity index (χ1n) is 10.5. The van der Waals surface area contributed by atoms with Crippen LogP contribution in [0.4, 0.5) is 17.5 Å². The van der Waals surface area contributed by atoms with E-state index in [1.54, 1.807) is 10.8 Å². The fraction of sp³-hybridized carbons (Fsp3) is 0.435. The minimum atomic E-state index is -0.600. The van der Waals surface area contributed by atoms with Crippen LogP contribution in [0.1, 0.15) is 38.7 Å². The summed E-state index contributed by atoms with van der Waals surface area (Å²) in [7, 11) is 0. The van der Waals surface area contributed by atoms with E-state index in [1.807, 2.05) is 51.2 Å². The van der Waals surface area contributed by atoms with E-state index in [0.29, 0.717) is 41.8 Å². The molecular weight excluding hydrogens is 378 g/mol. The second-order valence-electron chi connectivity index (χ2n) is 8.56. The van der Waals surface area contributed by atoms with Gasteiger partial charge in [-0.2, -0.15) is 0 Å². The highest BCUT2D eigenvalue weighted by Crippen LogP contribution is 2.34. The van der Waals surface area contributed by atoms with Crippen LogP contribution in [-0.4, -0.2) is 31.8 Å². The summed E-state index contributed by atoms with van der Waals surface area (Å²) in [4.78, 5) is 22.1. The van der Waals surface area contributed by atoms with Gasteiger partial charge >= 0.3 is 0 Å². The van der Waals surface area contributed by atoms with Gasteiger partial charge in [-0.05, 0) is 81.2 Å². The van der Waals surface area contributed by atoms with Gasteiger partial charge in [-0.25, -0.2) is 9.97 Å². The molecule has 3 aromatic rings. The van der Waals surface area contributed by atoms with E-state index in [2.05, 4.69) is 15.6 Å². The zero-order valence-electron chi connectivity index (χ0n) is 17.8. The number of rotatable bonds is 6. The Morgan fingerprint density at radius 1 is 1.30 bits per heavy atom. The van der Waals surface area contributed by atoms with Crippen molar-refractivity contribution in [2.45, 2.75) is 52.2 Å². The van der Waals surface area contributed by atoms with Crippen LogP contribution in [0.15, 0.2) is 41.5 Å². The number of hydrogen-bond acceptors (Lipinski definition) is 6. The van der Waals surface area contributed by atoms with Crippen LogP contribution in [-0.2, 0) is 6.54 Å². The average Bonchev–Trinajstić information content (AvgIpc) is 3.05. The first-order chi connectivity index (χ1) is 14.3. The van der Waals surface area contributed by atoms with Gasteiger partial charge in [-0.1, -0.05) is 0 Å². The van der Waals surface area contributed by atoms with Crippen LogP contribution in [0.25, 0.3) is 10.8 Å². The molecule has 0 spiro atoms. The molecule has 3 heterocycles. The summed E-state index contributed by atoms with van der Waals surface area (Å²) < 4.78 is 1.69. The monoisotopic (exact) mass is 407 g/mol. The summed E-state index contributed by atoms with van der Waals surface area (Å²) in [5.41, 5.74) is 0.450. The maximum Gasteiger partial charge on any atom is 0.262 e. The Balaban J connectivity index is 1.69. The molecule has 0 amide bonds.